The predicted molar refractivity (Wildman–Crippen MR) is 116 cm³/mol. The maximum Gasteiger partial charge on any atom is 0.437 e. The summed E-state index contributed by atoms with van der Waals surface area (Å²) < 4.78 is 19.4. The van der Waals surface area contributed by atoms with Crippen LogP contribution >= 0.6 is 11.3 Å². The highest BCUT2D eigenvalue weighted by atomic mass is 32.1. The van der Waals surface area contributed by atoms with Gasteiger partial charge in [0.05, 0.1) is 17.9 Å². The van der Waals surface area contributed by atoms with Gasteiger partial charge in [-0.2, -0.15) is 4.68 Å². The number of hydrogen-bond acceptors (Lipinski definition) is 6. The van der Waals surface area contributed by atoms with Gasteiger partial charge < -0.3 is 4.42 Å². The molecule has 0 saturated carbocycles. The Morgan fingerprint density at radius 3 is 2.52 bits per heavy atom. The number of carbonyl (C=O) groups is 1. The molecule has 2 aromatic carbocycles. The summed E-state index contributed by atoms with van der Waals surface area (Å²) in [5.41, 5.74) is 2.96. The van der Waals surface area contributed by atoms with Gasteiger partial charge in [-0.3, -0.25) is 9.69 Å². The second kappa shape index (κ2) is 8.65. The number of aromatic nitrogens is 3. The van der Waals surface area contributed by atoms with Crippen LogP contribution in [0.5, 0.6) is 0 Å². The van der Waals surface area contributed by atoms with Gasteiger partial charge >= 0.3 is 5.76 Å². The lowest BCUT2D eigenvalue weighted by molar-refractivity contribution is -0.115. The summed E-state index contributed by atoms with van der Waals surface area (Å²) in [6, 6.07) is 13.2. The third kappa shape index (κ3) is 4.46. The number of carbonyl (C=O) groups excluding carboxylic acids is 1. The Kier molecular flexibility index (Phi) is 5.77. The maximum atomic E-state index is 13.1. The van der Waals surface area contributed by atoms with Gasteiger partial charge in [0.2, 0.25) is 11.8 Å². The molecule has 0 fully saturated rings. The Balaban J connectivity index is 1.57. The second-order valence-electron chi connectivity index (χ2n) is 6.83. The average molecular weight is 438 g/mol. The first-order valence-electron chi connectivity index (χ1n) is 9.62. The molecule has 2 heterocycles. The van der Waals surface area contributed by atoms with E-state index in [1.54, 1.807) is 5.38 Å². The highest BCUT2D eigenvalue weighted by Gasteiger charge is 2.19. The molecule has 0 aliphatic rings. The van der Waals surface area contributed by atoms with Crippen LogP contribution in [0.25, 0.3) is 11.5 Å². The van der Waals surface area contributed by atoms with Gasteiger partial charge in [0.25, 0.3) is 0 Å². The van der Waals surface area contributed by atoms with Gasteiger partial charge in [-0.25, -0.2) is 14.2 Å². The molecule has 0 radical (unpaired) electrons. The van der Waals surface area contributed by atoms with E-state index in [2.05, 4.69) is 17.0 Å². The molecule has 2 aromatic heterocycles. The Morgan fingerprint density at radius 2 is 1.87 bits per heavy atom. The third-order valence-electron chi connectivity index (χ3n) is 4.66. The number of halogens is 1. The van der Waals surface area contributed by atoms with E-state index >= 15 is 0 Å². The molecule has 0 N–H and O–H groups in total. The van der Waals surface area contributed by atoms with E-state index in [1.807, 2.05) is 24.3 Å². The smallest absolute Gasteiger partial charge is 0.388 e. The molecule has 4 aromatic rings. The summed E-state index contributed by atoms with van der Waals surface area (Å²) in [6.45, 7) is 3.63. The van der Waals surface area contributed by atoms with E-state index in [0.717, 1.165) is 16.8 Å². The van der Waals surface area contributed by atoms with Crippen LogP contribution in [0, 0.1) is 5.82 Å². The van der Waals surface area contributed by atoms with E-state index < -0.39 is 5.76 Å². The molecule has 0 unspecified atom stereocenters. The zero-order chi connectivity index (χ0) is 22.0. The molecule has 0 atom stereocenters. The monoisotopic (exact) mass is 438 g/mol. The van der Waals surface area contributed by atoms with Crippen LogP contribution < -0.4 is 10.7 Å². The van der Waals surface area contributed by atoms with E-state index in [-0.39, 0.29) is 24.2 Å². The molecule has 31 heavy (non-hydrogen) atoms. The number of benzene rings is 2. The van der Waals surface area contributed by atoms with Crippen LogP contribution in [0.1, 0.15) is 25.1 Å². The largest absolute Gasteiger partial charge is 0.437 e. The Hall–Kier alpha value is -3.59. The fourth-order valence-corrected chi connectivity index (χ4v) is 3.93. The van der Waals surface area contributed by atoms with Crippen LogP contribution in [0.15, 0.2) is 63.1 Å². The minimum atomic E-state index is -0.646. The van der Waals surface area contributed by atoms with Crippen LogP contribution in [0.3, 0.4) is 0 Å². The minimum absolute atomic E-state index is 0.0839. The molecule has 4 rings (SSSR count). The average Bonchev–Trinajstić information content (AvgIpc) is 3.36. The quantitative estimate of drug-likeness (QED) is 0.446. The number of hydrogen-bond donors (Lipinski definition) is 0. The van der Waals surface area contributed by atoms with Crippen molar-refractivity contribution >= 4 is 28.1 Å². The molecule has 0 bridgehead atoms. The second-order valence-corrected chi connectivity index (χ2v) is 7.67. The van der Waals surface area contributed by atoms with Crippen LogP contribution in [-0.2, 0) is 17.8 Å². The topological polar surface area (TPSA) is 81.2 Å². The summed E-state index contributed by atoms with van der Waals surface area (Å²) >= 11 is 1.30. The molecule has 0 aliphatic carbocycles. The van der Waals surface area contributed by atoms with Crippen molar-refractivity contribution < 1.29 is 13.6 Å². The highest BCUT2D eigenvalue weighted by molar-refractivity contribution is 7.14. The first kappa shape index (κ1) is 20.7. The van der Waals surface area contributed by atoms with Gasteiger partial charge in [-0.15, -0.1) is 16.4 Å². The molecule has 1 amide bonds. The Bertz CT molecular complexity index is 1260. The SMILES string of the molecule is CCc1ccc(N(C(C)=O)c2nc(Cn3nc(-c4ccc(F)cc4)oc3=O)cs2)cc1. The standard InChI is InChI=1S/C22H19FN4O3S/c1-3-15-4-10-19(11-5-15)27(14(2)28)21-24-18(13-31-21)12-26-22(29)30-20(25-26)16-6-8-17(23)9-7-16/h4-11,13H,3,12H2,1-2H3. The lowest BCUT2D eigenvalue weighted by Gasteiger charge is -2.18. The number of anilines is 2. The van der Waals surface area contributed by atoms with Crippen molar-refractivity contribution in [1.29, 1.82) is 0 Å². The van der Waals surface area contributed by atoms with E-state index in [1.165, 1.54) is 53.0 Å². The molecule has 0 saturated heterocycles. The normalized spacial score (nSPS) is 10.9. The number of thiazole rings is 1. The zero-order valence-corrected chi connectivity index (χ0v) is 17.7. The maximum absolute atomic E-state index is 13.1. The zero-order valence-electron chi connectivity index (χ0n) is 16.9. The number of nitrogens with zero attached hydrogens (tertiary/aromatic N) is 4. The predicted octanol–water partition coefficient (Wildman–Crippen LogP) is 4.39. The summed E-state index contributed by atoms with van der Waals surface area (Å²) in [7, 11) is 0. The number of amides is 1. The van der Waals surface area contributed by atoms with E-state index in [0.29, 0.717) is 16.4 Å². The van der Waals surface area contributed by atoms with Crippen molar-refractivity contribution in [2.45, 2.75) is 26.8 Å². The summed E-state index contributed by atoms with van der Waals surface area (Å²) in [5.74, 6) is -1.10. The fourth-order valence-electron chi connectivity index (χ4n) is 3.05. The van der Waals surface area contributed by atoms with Gasteiger partial charge in [0, 0.05) is 17.9 Å². The third-order valence-corrected chi connectivity index (χ3v) is 5.53. The van der Waals surface area contributed by atoms with Crippen molar-refractivity contribution in [3.63, 3.8) is 0 Å². The highest BCUT2D eigenvalue weighted by Crippen LogP contribution is 2.29. The van der Waals surface area contributed by atoms with Gasteiger partial charge in [-0.05, 0) is 48.4 Å². The van der Waals surface area contributed by atoms with E-state index in [9.17, 15) is 14.0 Å². The summed E-state index contributed by atoms with van der Waals surface area (Å²) in [6.07, 6.45) is 0.911. The van der Waals surface area contributed by atoms with Crippen LogP contribution in [0.4, 0.5) is 15.2 Å². The fraction of sp³-hybridized carbons (Fsp3) is 0.182. The van der Waals surface area contributed by atoms with Crippen molar-refractivity contribution in [1.82, 2.24) is 14.8 Å². The molecule has 7 nitrogen and oxygen atoms in total. The van der Waals surface area contributed by atoms with Crippen molar-refractivity contribution in [2.75, 3.05) is 4.90 Å². The molecule has 0 aliphatic heterocycles. The van der Waals surface area contributed by atoms with E-state index in [4.69, 9.17) is 4.42 Å². The first-order chi connectivity index (χ1) is 14.9. The van der Waals surface area contributed by atoms with Gasteiger partial charge in [0.15, 0.2) is 5.13 Å². The van der Waals surface area contributed by atoms with Crippen molar-refractivity contribution in [3.8, 4) is 11.5 Å². The Labute approximate surface area is 181 Å². The number of aryl methyl sites for hydroxylation is 1. The van der Waals surface area contributed by atoms with Gasteiger partial charge in [-0.1, -0.05) is 19.1 Å². The molecule has 158 valence electrons. The minimum Gasteiger partial charge on any atom is -0.388 e. The first-order valence-corrected chi connectivity index (χ1v) is 10.5. The lowest BCUT2D eigenvalue weighted by Crippen LogP contribution is -2.23. The Morgan fingerprint density at radius 1 is 1.16 bits per heavy atom. The lowest BCUT2D eigenvalue weighted by atomic mass is 10.1. The molecule has 9 heteroatoms. The van der Waals surface area contributed by atoms with Gasteiger partial charge in [0.1, 0.15) is 5.82 Å². The van der Waals surface area contributed by atoms with Crippen molar-refractivity contribution in [3.05, 3.63) is 81.5 Å². The molecular formula is C22H19FN4O3S. The molecular weight excluding hydrogens is 419 g/mol. The summed E-state index contributed by atoms with van der Waals surface area (Å²) in [4.78, 5) is 30.5. The van der Waals surface area contributed by atoms with Crippen molar-refractivity contribution in [2.24, 2.45) is 0 Å². The number of rotatable bonds is 6. The summed E-state index contributed by atoms with van der Waals surface area (Å²) in [5, 5.41) is 6.44. The molecule has 0 spiro atoms. The van der Waals surface area contributed by atoms with Crippen LogP contribution in [-0.4, -0.2) is 20.7 Å². The van der Waals surface area contributed by atoms with Crippen LogP contribution in [0.2, 0.25) is 0 Å².